The van der Waals surface area contributed by atoms with Crippen LogP contribution in [-0.4, -0.2) is 30.3 Å². The molecule has 0 amide bonds. The van der Waals surface area contributed by atoms with Gasteiger partial charge in [-0.25, -0.2) is 4.39 Å². The van der Waals surface area contributed by atoms with Crippen LogP contribution in [0.4, 0.5) is 26.3 Å². The fourth-order valence-corrected chi connectivity index (χ4v) is 1.23. The van der Waals surface area contributed by atoms with E-state index in [-0.39, 0.29) is 17.1 Å². The molecule has 1 aliphatic rings. The van der Waals surface area contributed by atoms with Crippen LogP contribution in [0.5, 0.6) is 0 Å². The summed E-state index contributed by atoms with van der Waals surface area (Å²) in [5.74, 6) is -11.2. The molecule has 9 heteroatoms. The number of ketones is 2. The van der Waals surface area contributed by atoms with Crippen LogP contribution in [0.1, 0.15) is 25.7 Å². The van der Waals surface area contributed by atoms with Crippen LogP contribution in [0.3, 0.4) is 0 Å². The largest absolute Gasteiger partial charge is 1.00 e. The van der Waals surface area contributed by atoms with Crippen molar-refractivity contribution in [1.29, 1.82) is 0 Å². The molecule has 0 unspecified atom stereocenters. The first kappa shape index (κ1) is 23.2. The van der Waals surface area contributed by atoms with Crippen LogP contribution in [0.2, 0.25) is 0 Å². The first-order valence-corrected chi connectivity index (χ1v) is 6.04. The monoisotopic (exact) mass is 379 g/mol. The van der Waals surface area contributed by atoms with E-state index in [4.69, 9.17) is 0 Å². The van der Waals surface area contributed by atoms with E-state index in [0.29, 0.717) is 0 Å². The van der Waals surface area contributed by atoms with Gasteiger partial charge in [-0.1, -0.05) is 24.3 Å². The van der Waals surface area contributed by atoms with Gasteiger partial charge in [-0.05, 0) is 25.7 Å². The molecule has 0 aliphatic heterocycles. The van der Waals surface area contributed by atoms with Gasteiger partial charge in [0.15, 0.2) is 6.67 Å². The molecule has 0 aromatic carbocycles. The quantitative estimate of drug-likeness (QED) is 0.422. The molecular formula is C13H14CuF6O2+. The third-order valence-electron chi connectivity index (χ3n) is 2.34. The number of rotatable bonds is 3. The fraction of sp³-hybridized carbons (Fsp3) is 0.538. The number of alkyl halides is 6. The topological polar surface area (TPSA) is 34.1 Å². The van der Waals surface area contributed by atoms with Crippen molar-refractivity contribution < 1.29 is 53.0 Å². The van der Waals surface area contributed by atoms with Crippen molar-refractivity contribution in [2.45, 2.75) is 37.8 Å². The summed E-state index contributed by atoms with van der Waals surface area (Å²) in [4.78, 5) is 19.8. The fourth-order valence-electron chi connectivity index (χ4n) is 1.23. The predicted molar refractivity (Wildman–Crippen MR) is 63.7 cm³/mol. The van der Waals surface area contributed by atoms with Gasteiger partial charge in [-0.2, -0.15) is 22.0 Å². The van der Waals surface area contributed by atoms with E-state index in [2.05, 4.69) is 24.3 Å². The van der Waals surface area contributed by atoms with E-state index >= 15 is 0 Å². The minimum Gasteiger partial charge on any atom is -0.284 e. The van der Waals surface area contributed by atoms with Crippen LogP contribution in [0, 0.1) is 0 Å². The summed E-state index contributed by atoms with van der Waals surface area (Å²) < 4.78 is 69.1. The Balaban J connectivity index is 0. The third-order valence-corrected chi connectivity index (χ3v) is 2.34. The van der Waals surface area contributed by atoms with E-state index in [1.165, 1.54) is 25.7 Å². The maximum atomic E-state index is 11.9. The molecule has 130 valence electrons. The molecule has 2 nitrogen and oxygen atoms in total. The average molecular weight is 380 g/mol. The van der Waals surface area contributed by atoms with Gasteiger partial charge in [0.2, 0.25) is 0 Å². The van der Waals surface area contributed by atoms with Gasteiger partial charge in [0, 0.05) is 0 Å². The van der Waals surface area contributed by atoms with Crippen molar-refractivity contribution in [2.75, 3.05) is 6.67 Å². The Morgan fingerprint density at radius 3 is 1.59 bits per heavy atom. The molecule has 0 atom stereocenters. The molecule has 0 aromatic rings. The van der Waals surface area contributed by atoms with E-state index in [0.717, 1.165) is 0 Å². The Morgan fingerprint density at radius 1 is 0.864 bits per heavy atom. The molecule has 0 spiro atoms. The molecule has 0 saturated heterocycles. The molecule has 0 radical (unpaired) electrons. The van der Waals surface area contributed by atoms with E-state index < -0.39 is 30.3 Å². The number of allylic oxidation sites excluding steroid dienone is 4. The molecule has 0 aromatic heterocycles. The Kier molecular flexibility index (Phi) is 11.2. The predicted octanol–water partition coefficient (Wildman–Crippen LogP) is 3.96. The second kappa shape index (κ2) is 10.6. The SMILES string of the molecule is C1=CCCCCC=C1.O=C(C(=O)C(F)(F)CF)C(F)(F)F.[Cu+]. The summed E-state index contributed by atoms with van der Waals surface area (Å²) in [7, 11) is 0. The summed E-state index contributed by atoms with van der Waals surface area (Å²) >= 11 is 0. The van der Waals surface area contributed by atoms with Gasteiger partial charge in [0.25, 0.3) is 5.78 Å². The first-order chi connectivity index (χ1) is 9.63. The number of hydrogen-bond acceptors (Lipinski definition) is 2. The second-order valence-corrected chi connectivity index (χ2v) is 4.13. The Labute approximate surface area is 134 Å². The number of Topliss-reactive ketones (excluding diaryl/α,β-unsaturated/α-hetero) is 2. The minimum absolute atomic E-state index is 0. The summed E-state index contributed by atoms with van der Waals surface area (Å²) in [5.41, 5.74) is 0. The summed E-state index contributed by atoms with van der Waals surface area (Å²) in [5, 5.41) is 0. The van der Waals surface area contributed by atoms with Gasteiger partial charge in [0.1, 0.15) is 0 Å². The number of carbonyl (C=O) groups is 2. The normalized spacial score (nSPS) is 14.8. The zero-order valence-corrected chi connectivity index (χ0v) is 12.2. The maximum absolute atomic E-state index is 11.9. The molecule has 1 rings (SSSR count). The van der Waals surface area contributed by atoms with Gasteiger partial charge < -0.3 is 0 Å². The first-order valence-electron chi connectivity index (χ1n) is 6.04. The van der Waals surface area contributed by atoms with Crippen molar-refractivity contribution in [3.8, 4) is 0 Å². The molecule has 0 heterocycles. The molecule has 0 N–H and O–H groups in total. The van der Waals surface area contributed by atoms with Crippen LogP contribution in [0.15, 0.2) is 24.3 Å². The van der Waals surface area contributed by atoms with E-state index in [1.54, 1.807) is 0 Å². The Morgan fingerprint density at radius 2 is 1.27 bits per heavy atom. The smallest absolute Gasteiger partial charge is 0.284 e. The second-order valence-electron chi connectivity index (χ2n) is 4.13. The van der Waals surface area contributed by atoms with Crippen molar-refractivity contribution >= 4 is 11.6 Å². The summed E-state index contributed by atoms with van der Waals surface area (Å²) in [6.45, 7) is -2.63. The third kappa shape index (κ3) is 9.04. The van der Waals surface area contributed by atoms with Crippen molar-refractivity contribution in [3.63, 3.8) is 0 Å². The molecule has 1 aliphatic carbocycles. The van der Waals surface area contributed by atoms with Crippen molar-refractivity contribution in [1.82, 2.24) is 0 Å². The number of hydrogen-bond donors (Lipinski definition) is 0. The Hall–Kier alpha value is -1.08. The minimum atomic E-state index is -5.70. The van der Waals surface area contributed by atoms with Gasteiger partial charge in [0.05, 0.1) is 0 Å². The van der Waals surface area contributed by atoms with Crippen LogP contribution >= 0.6 is 0 Å². The molecule has 0 bridgehead atoms. The average Bonchev–Trinajstić information content (AvgIpc) is 2.35. The van der Waals surface area contributed by atoms with Crippen molar-refractivity contribution in [3.05, 3.63) is 24.3 Å². The standard InChI is InChI=1S/C8H12.C5H2F6O2.Cu/c1-2-4-6-8-7-5-3-1;6-1-4(7,8)2(12)3(13)5(9,10)11;/h1-4H,5-8H2;1H2;/q;;+1. The zero-order chi connectivity index (χ0) is 16.5. The maximum Gasteiger partial charge on any atom is 1.00 e. The number of carbonyl (C=O) groups excluding carboxylic acids is 2. The van der Waals surface area contributed by atoms with Crippen LogP contribution in [-0.2, 0) is 26.7 Å². The molecule has 0 saturated carbocycles. The summed E-state index contributed by atoms with van der Waals surface area (Å²) in [6.07, 6.45) is 8.30. The van der Waals surface area contributed by atoms with Gasteiger partial charge >= 0.3 is 35.0 Å². The molecular weight excluding hydrogens is 366 g/mol. The van der Waals surface area contributed by atoms with Gasteiger partial charge in [-0.15, -0.1) is 0 Å². The van der Waals surface area contributed by atoms with Crippen LogP contribution in [0.25, 0.3) is 0 Å². The number of halogens is 6. The summed E-state index contributed by atoms with van der Waals surface area (Å²) in [6, 6.07) is 0. The molecule has 0 fully saturated rings. The van der Waals surface area contributed by atoms with Crippen molar-refractivity contribution in [2.24, 2.45) is 0 Å². The molecule has 22 heavy (non-hydrogen) atoms. The van der Waals surface area contributed by atoms with Crippen LogP contribution < -0.4 is 0 Å². The Bertz CT molecular complexity index is 401. The zero-order valence-electron chi connectivity index (χ0n) is 11.2. The van der Waals surface area contributed by atoms with Gasteiger partial charge in [-0.3, -0.25) is 9.59 Å². The van der Waals surface area contributed by atoms with E-state index in [9.17, 15) is 35.9 Å². The van der Waals surface area contributed by atoms with E-state index in [1.807, 2.05) is 0 Å².